The van der Waals surface area contributed by atoms with E-state index in [-0.39, 0.29) is 12.1 Å². The van der Waals surface area contributed by atoms with Gasteiger partial charge in [-0.05, 0) is 55.3 Å². The first-order valence-corrected chi connectivity index (χ1v) is 10.1. The molecule has 3 aromatic heterocycles. The predicted octanol–water partition coefficient (Wildman–Crippen LogP) is 4.51. The monoisotopic (exact) mass is 427 g/mol. The molecule has 160 valence electrons. The van der Waals surface area contributed by atoms with Crippen molar-refractivity contribution in [3.05, 3.63) is 78.0 Å². The molecule has 0 atom stereocenters. The third-order valence-electron chi connectivity index (χ3n) is 4.69. The molecule has 0 aliphatic rings. The van der Waals surface area contributed by atoms with E-state index in [0.29, 0.717) is 29.3 Å². The Labute approximate surface area is 185 Å². The molecule has 1 aromatic carbocycles. The molecule has 0 spiro atoms. The number of ether oxygens (including phenoxy) is 1. The largest absolute Gasteiger partial charge is 0.462 e. The summed E-state index contributed by atoms with van der Waals surface area (Å²) >= 11 is 0. The minimum absolute atomic E-state index is 0.250. The molecule has 0 bridgehead atoms. The summed E-state index contributed by atoms with van der Waals surface area (Å²) in [6, 6.07) is 19.2. The van der Waals surface area contributed by atoms with Gasteiger partial charge >= 0.3 is 12.1 Å². The number of aromatic nitrogens is 3. The van der Waals surface area contributed by atoms with Crippen molar-refractivity contribution in [1.82, 2.24) is 15.0 Å². The first-order valence-electron chi connectivity index (χ1n) is 10.1. The normalized spacial score (nSPS) is 10.1. The van der Waals surface area contributed by atoms with Gasteiger partial charge in [0.1, 0.15) is 0 Å². The van der Waals surface area contributed by atoms with Gasteiger partial charge in [0.25, 0.3) is 0 Å². The maximum Gasteiger partial charge on any atom is 0.373 e. The van der Waals surface area contributed by atoms with Crippen molar-refractivity contribution in [2.24, 2.45) is 0 Å². The minimum Gasteiger partial charge on any atom is -0.462 e. The topological polar surface area (TPSA) is 99.1 Å². The zero-order valence-corrected chi connectivity index (χ0v) is 17.7. The van der Waals surface area contributed by atoms with Crippen molar-refractivity contribution in [2.75, 3.05) is 6.61 Å². The van der Waals surface area contributed by atoms with Gasteiger partial charge in [-0.1, -0.05) is 31.2 Å². The second-order valence-corrected chi connectivity index (χ2v) is 6.72. The highest BCUT2D eigenvalue weighted by atomic mass is 16.5. The molecule has 32 heavy (non-hydrogen) atoms. The van der Waals surface area contributed by atoms with Crippen LogP contribution in [-0.4, -0.2) is 33.7 Å². The van der Waals surface area contributed by atoms with Gasteiger partial charge in [0.2, 0.25) is 0 Å². The number of pyridine rings is 3. The van der Waals surface area contributed by atoms with Gasteiger partial charge in [0.15, 0.2) is 0 Å². The Morgan fingerprint density at radius 3 is 2.31 bits per heavy atom. The maximum atomic E-state index is 12.5. The molecule has 0 unspecified atom stereocenters. The van der Waals surface area contributed by atoms with E-state index >= 15 is 0 Å². The predicted molar refractivity (Wildman–Crippen MR) is 119 cm³/mol. The molecule has 0 aliphatic heterocycles. The van der Waals surface area contributed by atoms with Crippen molar-refractivity contribution >= 4 is 23.0 Å². The van der Waals surface area contributed by atoms with E-state index in [1.165, 1.54) is 0 Å². The lowest BCUT2D eigenvalue weighted by Gasteiger charge is -2.10. The molecule has 4 aromatic rings. The molecule has 0 saturated carbocycles. The first-order chi connectivity index (χ1) is 15.6. The maximum absolute atomic E-state index is 12.5. The number of benzene rings is 1. The van der Waals surface area contributed by atoms with Crippen LogP contribution >= 0.6 is 0 Å². The molecule has 0 N–H and O–H groups in total. The SMILES string of the molecule is CCOC(=O)c1cc(-c2cc(CC)ccn2)nc(-c2ccc3ccccc3n2)c1.O=C=O. The van der Waals surface area contributed by atoms with E-state index in [2.05, 4.69) is 11.9 Å². The number of rotatable bonds is 5. The first kappa shape index (κ1) is 22.5. The second-order valence-electron chi connectivity index (χ2n) is 6.72. The molecule has 0 radical (unpaired) electrons. The Balaban J connectivity index is 0.000000913. The Morgan fingerprint density at radius 2 is 1.59 bits per heavy atom. The van der Waals surface area contributed by atoms with Crippen LogP contribution in [0.5, 0.6) is 0 Å². The van der Waals surface area contributed by atoms with Gasteiger partial charge in [-0.25, -0.2) is 14.8 Å². The molecule has 4 rings (SSSR count). The molecule has 0 aliphatic carbocycles. The van der Waals surface area contributed by atoms with Crippen LogP contribution in [0.15, 0.2) is 66.9 Å². The van der Waals surface area contributed by atoms with E-state index in [1.54, 1.807) is 25.3 Å². The summed E-state index contributed by atoms with van der Waals surface area (Å²) in [7, 11) is 0. The molecule has 3 heterocycles. The van der Waals surface area contributed by atoms with Crippen molar-refractivity contribution in [2.45, 2.75) is 20.3 Å². The van der Waals surface area contributed by atoms with E-state index in [4.69, 9.17) is 24.3 Å². The van der Waals surface area contributed by atoms with Crippen molar-refractivity contribution in [1.29, 1.82) is 0 Å². The lowest BCUT2D eigenvalue weighted by Crippen LogP contribution is -2.06. The summed E-state index contributed by atoms with van der Waals surface area (Å²) in [6.45, 7) is 4.19. The van der Waals surface area contributed by atoms with Crippen LogP contribution < -0.4 is 0 Å². The summed E-state index contributed by atoms with van der Waals surface area (Å²) < 4.78 is 5.22. The third kappa shape index (κ3) is 5.28. The van der Waals surface area contributed by atoms with Crippen LogP contribution in [0.25, 0.3) is 33.7 Å². The van der Waals surface area contributed by atoms with Crippen LogP contribution in [-0.2, 0) is 20.7 Å². The van der Waals surface area contributed by atoms with Gasteiger partial charge in [-0.15, -0.1) is 0 Å². The lowest BCUT2D eigenvalue weighted by molar-refractivity contribution is -0.191. The highest BCUT2D eigenvalue weighted by molar-refractivity contribution is 5.92. The number of nitrogens with zero attached hydrogens (tertiary/aromatic N) is 3. The quantitative estimate of drug-likeness (QED) is 0.432. The summed E-state index contributed by atoms with van der Waals surface area (Å²) in [5.74, 6) is -0.384. The van der Waals surface area contributed by atoms with Gasteiger partial charge < -0.3 is 4.74 Å². The van der Waals surface area contributed by atoms with Crippen LogP contribution in [0.4, 0.5) is 0 Å². The summed E-state index contributed by atoms with van der Waals surface area (Å²) in [6.07, 6.45) is 2.91. The average molecular weight is 427 g/mol. The van der Waals surface area contributed by atoms with Gasteiger partial charge in [-0.2, -0.15) is 9.59 Å². The molecular formula is C25H21N3O4. The fraction of sp³-hybridized carbons (Fsp3) is 0.160. The number of esters is 1. The van der Waals surface area contributed by atoms with Gasteiger partial charge in [0.05, 0.1) is 40.5 Å². The van der Waals surface area contributed by atoms with Crippen LogP contribution in [0.2, 0.25) is 0 Å². The highest BCUT2D eigenvalue weighted by Crippen LogP contribution is 2.25. The summed E-state index contributed by atoms with van der Waals surface area (Å²) in [5.41, 5.74) is 5.12. The average Bonchev–Trinajstić information content (AvgIpc) is 2.84. The number of hydrogen-bond donors (Lipinski definition) is 0. The molecule has 0 saturated heterocycles. The van der Waals surface area contributed by atoms with E-state index in [0.717, 1.165) is 28.6 Å². The Bertz CT molecular complexity index is 1280. The van der Waals surface area contributed by atoms with E-state index in [1.807, 2.05) is 48.5 Å². The van der Waals surface area contributed by atoms with E-state index in [9.17, 15) is 4.79 Å². The fourth-order valence-corrected chi connectivity index (χ4v) is 3.17. The number of aryl methyl sites for hydroxylation is 1. The van der Waals surface area contributed by atoms with Crippen molar-refractivity contribution in [3.8, 4) is 22.8 Å². The molecule has 0 amide bonds. The molecule has 7 nitrogen and oxygen atoms in total. The zero-order valence-electron chi connectivity index (χ0n) is 17.7. The molecule has 0 fully saturated rings. The van der Waals surface area contributed by atoms with E-state index < -0.39 is 0 Å². The number of carbonyl (C=O) groups excluding carboxylic acids is 3. The molecular weight excluding hydrogens is 406 g/mol. The number of carbonyl (C=O) groups is 1. The molecule has 7 heteroatoms. The third-order valence-corrected chi connectivity index (χ3v) is 4.69. The standard InChI is InChI=1S/C24H21N3O2.CO2/c1-3-16-11-12-25-21(13-16)23-15-18(24(28)29-4-2)14-22(27-23)20-10-9-17-7-5-6-8-19(17)26-20;2-1-3/h5-15H,3-4H2,1-2H3;. The fourth-order valence-electron chi connectivity index (χ4n) is 3.17. The highest BCUT2D eigenvalue weighted by Gasteiger charge is 2.15. The Hall–Kier alpha value is -4.22. The minimum atomic E-state index is -0.384. The number of para-hydroxylation sites is 1. The van der Waals surface area contributed by atoms with Crippen molar-refractivity contribution in [3.63, 3.8) is 0 Å². The Morgan fingerprint density at radius 1 is 0.875 bits per heavy atom. The van der Waals surface area contributed by atoms with Gasteiger partial charge in [-0.3, -0.25) is 4.98 Å². The second kappa shape index (κ2) is 10.7. The zero-order chi connectivity index (χ0) is 22.9. The Kier molecular flexibility index (Phi) is 7.51. The van der Waals surface area contributed by atoms with Crippen molar-refractivity contribution < 1.29 is 19.1 Å². The summed E-state index contributed by atoms with van der Waals surface area (Å²) in [4.78, 5) is 42.7. The smallest absolute Gasteiger partial charge is 0.373 e. The lowest BCUT2D eigenvalue weighted by atomic mass is 10.1. The number of hydrogen-bond acceptors (Lipinski definition) is 7. The van der Waals surface area contributed by atoms with Crippen LogP contribution in [0.1, 0.15) is 29.8 Å². The van der Waals surface area contributed by atoms with Gasteiger partial charge in [0, 0.05) is 11.6 Å². The van der Waals surface area contributed by atoms with Crippen LogP contribution in [0, 0.1) is 0 Å². The van der Waals surface area contributed by atoms with Crippen LogP contribution in [0.3, 0.4) is 0 Å². The summed E-state index contributed by atoms with van der Waals surface area (Å²) in [5, 5.41) is 1.05. The number of fused-ring (bicyclic) bond motifs is 1.